The number of hydrogen-bond donors (Lipinski definition) is 2. The lowest BCUT2D eigenvalue weighted by Gasteiger charge is -2.25. The van der Waals surface area contributed by atoms with Crippen molar-refractivity contribution in [2.75, 3.05) is 12.0 Å². The summed E-state index contributed by atoms with van der Waals surface area (Å²) in [6, 6.07) is 8.09. The molecular formula is C16H20N4O. The third-order valence-electron chi connectivity index (χ3n) is 3.99. The van der Waals surface area contributed by atoms with Crippen LogP contribution in [0.15, 0.2) is 24.3 Å². The third kappa shape index (κ3) is 2.45. The number of ether oxygens (including phenoxy) is 1. The molecule has 0 radical (unpaired) electrons. The van der Waals surface area contributed by atoms with Crippen LogP contribution >= 0.6 is 0 Å². The molecule has 1 atom stereocenters. The lowest BCUT2D eigenvalue weighted by molar-refractivity contribution is 0.274. The van der Waals surface area contributed by atoms with E-state index >= 15 is 0 Å². The van der Waals surface area contributed by atoms with Crippen molar-refractivity contribution < 1.29 is 4.74 Å². The Bertz CT molecular complexity index is 657. The highest BCUT2D eigenvalue weighted by Crippen LogP contribution is 2.37. The number of hydrazine groups is 1. The summed E-state index contributed by atoms with van der Waals surface area (Å²) in [5.74, 6) is 8.25. The number of aromatic nitrogens is 2. The van der Waals surface area contributed by atoms with Gasteiger partial charge in [0.1, 0.15) is 17.4 Å². The van der Waals surface area contributed by atoms with Crippen molar-refractivity contribution in [1.82, 2.24) is 9.97 Å². The number of nitrogen functional groups attached to an aromatic ring is 1. The van der Waals surface area contributed by atoms with Gasteiger partial charge in [-0.3, -0.25) is 0 Å². The molecule has 0 spiro atoms. The molecule has 0 saturated heterocycles. The zero-order valence-electron chi connectivity index (χ0n) is 12.4. The second kappa shape index (κ2) is 5.69. The van der Waals surface area contributed by atoms with Gasteiger partial charge in [-0.2, -0.15) is 0 Å². The molecule has 21 heavy (non-hydrogen) atoms. The van der Waals surface area contributed by atoms with Gasteiger partial charge >= 0.3 is 0 Å². The van der Waals surface area contributed by atoms with Gasteiger partial charge in [-0.25, -0.2) is 15.8 Å². The SMILES string of the molecule is CCc1c(C)nc(C2CCOc3ccccc32)nc1NN. The Kier molecular flexibility index (Phi) is 3.75. The van der Waals surface area contributed by atoms with E-state index in [4.69, 9.17) is 15.6 Å². The van der Waals surface area contributed by atoms with Gasteiger partial charge in [0.15, 0.2) is 0 Å². The Balaban J connectivity index is 2.08. The summed E-state index contributed by atoms with van der Waals surface area (Å²) in [4.78, 5) is 9.36. The van der Waals surface area contributed by atoms with Crippen LogP contribution in [-0.4, -0.2) is 16.6 Å². The summed E-state index contributed by atoms with van der Waals surface area (Å²) in [6.07, 6.45) is 1.74. The van der Waals surface area contributed by atoms with Gasteiger partial charge in [0.05, 0.1) is 12.5 Å². The molecule has 2 aromatic rings. The maximum absolute atomic E-state index is 5.71. The maximum atomic E-state index is 5.71. The van der Waals surface area contributed by atoms with Crippen LogP contribution in [0, 0.1) is 6.92 Å². The summed E-state index contributed by atoms with van der Waals surface area (Å²) in [6.45, 7) is 4.77. The van der Waals surface area contributed by atoms with Crippen LogP contribution in [-0.2, 0) is 6.42 Å². The fraction of sp³-hybridized carbons (Fsp3) is 0.375. The topological polar surface area (TPSA) is 73.1 Å². The zero-order valence-corrected chi connectivity index (χ0v) is 12.4. The van der Waals surface area contributed by atoms with Crippen molar-refractivity contribution in [3.8, 4) is 5.75 Å². The van der Waals surface area contributed by atoms with Crippen molar-refractivity contribution in [2.24, 2.45) is 5.84 Å². The normalized spacial score (nSPS) is 17.0. The average molecular weight is 284 g/mol. The van der Waals surface area contributed by atoms with E-state index in [0.717, 1.165) is 47.1 Å². The molecule has 5 nitrogen and oxygen atoms in total. The van der Waals surface area contributed by atoms with Gasteiger partial charge in [0.2, 0.25) is 0 Å². The molecule has 1 aromatic heterocycles. The highest BCUT2D eigenvalue weighted by molar-refractivity contribution is 5.48. The van der Waals surface area contributed by atoms with E-state index in [9.17, 15) is 0 Å². The fourth-order valence-electron chi connectivity index (χ4n) is 2.93. The number of aryl methyl sites for hydroxylation is 1. The van der Waals surface area contributed by atoms with Crippen LogP contribution in [0.5, 0.6) is 5.75 Å². The predicted molar refractivity (Wildman–Crippen MR) is 82.4 cm³/mol. The van der Waals surface area contributed by atoms with E-state index < -0.39 is 0 Å². The van der Waals surface area contributed by atoms with Gasteiger partial charge in [-0.1, -0.05) is 25.1 Å². The number of nitrogens with two attached hydrogens (primary N) is 1. The quantitative estimate of drug-likeness (QED) is 0.669. The van der Waals surface area contributed by atoms with E-state index in [1.165, 1.54) is 0 Å². The van der Waals surface area contributed by atoms with Gasteiger partial charge in [-0.15, -0.1) is 0 Å². The number of anilines is 1. The van der Waals surface area contributed by atoms with E-state index in [0.29, 0.717) is 6.61 Å². The number of nitrogens with one attached hydrogen (secondary N) is 1. The lowest BCUT2D eigenvalue weighted by Crippen LogP contribution is -2.20. The molecule has 0 amide bonds. The number of para-hydroxylation sites is 1. The first-order chi connectivity index (χ1) is 10.2. The molecule has 2 heterocycles. The third-order valence-corrected chi connectivity index (χ3v) is 3.99. The highest BCUT2D eigenvalue weighted by Gasteiger charge is 2.26. The molecule has 5 heteroatoms. The van der Waals surface area contributed by atoms with Gasteiger partial charge in [0.25, 0.3) is 0 Å². The van der Waals surface area contributed by atoms with Crippen molar-refractivity contribution in [1.29, 1.82) is 0 Å². The Morgan fingerprint density at radius 2 is 2.14 bits per heavy atom. The van der Waals surface area contributed by atoms with Crippen LogP contribution in [0.25, 0.3) is 0 Å². The lowest BCUT2D eigenvalue weighted by atomic mass is 9.92. The molecular weight excluding hydrogens is 264 g/mol. The van der Waals surface area contributed by atoms with E-state index in [2.05, 4.69) is 23.4 Å². The van der Waals surface area contributed by atoms with Crippen LogP contribution in [0.1, 0.15) is 41.9 Å². The summed E-state index contributed by atoms with van der Waals surface area (Å²) < 4.78 is 5.71. The molecule has 3 rings (SSSR count). The van der Waals surface area contributed by atoms with Crippen LogP contribution < -0.4 is 16.0 Å². The minimum atomic E-state index is 0.159. The van der Waals surface area contributed by atoms with Crippen molar-refractivity contribution >= 4 is 5.82 Å². The number of nitrogens with zero attached hydrogens (tertiary/aromatic N) is 2. The van der Waals surface area contributed by atoms with Crippen molar-refractivity contribution in [3.05, 3.63) is 46.9 Å². The Morgan fingerprint density at radius 3 is 2.90 bits per heavy atom. The summed E-state index contributed by atoms with van der Waals surface area (Å²) in [5.41, 5.74) is 5.91. The highest BCUT2D eigenvalue weighted by atomic mass is 16.5. The minimum absolute atomic E-state index is 0.159. The number of fused-ring (bicyclic) bond motifs is 1. The van der Waals surface area contributed by atoms with E-state index in [-0.39, 0.29) is 5.92 Å². The first kappa shape index (κ1) is 13.8. The molecule has 1 unspecified atom stereocenters. The monoisotopic (exact) mass is 284 g/mol. The van der Waals surface area contributed by atoms with E-state index in [1.54, 1.807) is 0 Å². The molecule has 1 aliphatic heterocycles. The minimum Gasteiger partial charge on any atom is -0.493 e. The standard InChI is InChI=1S/C16H20N4O/c1-3-11-10(2)18-15(19-16(11)20-17)13-8-9-21-14-7-5-4-6-12(13)14/h4-7,13H,3,8-9,17H2,1-2H3,(H,18,19,20). The Hall–Kier alpha value is -2.14. The predicted octanol–water partition coefficient (Wildman–Crippen LogP) is 2.55. The number of rotatable bonds is 3. The van der Waals surface area contributed by atoms with Crippen molar-refractivity contribution in [3.63, 3.8) is 0 Å². The Morgan fingerprint density at radius 1 is 1.33 bits per heavy atom. The first-order valence-electron chi connectivity index (χ1n) is 7.30. The van der Waals surface area contributed by atoms with Crippen LogP contribution in [0.3, 0.4) is 0 Å². The van der Waals surface area contributed by atoms with Gasteiger partial charge in [-0.05, 0) is 25.8 Å². The molecule has 0 aliphatic carbocycles. The average Bonchev–Trinajstić information content (AvgIpc) is 2.53. The van der Waals surface area contributed by atoms with Crippen LogP contribution in [0.2, 0.25) is 0 Å². The fourth-order valence-corrected chi connectivity index (χ4v) is 2.93. The maximum Gasteiger partial charge on any atom is 0.147 e. The van der Waals surface area contributed by atoms with Gasteiger partial charge < -0.3 is 10.2 Å². The smallest absolute Gasteiger partial charge is 0.147 e. The second-order valence-electron chi connectivity index (χ2n) is 5.22. The van der Waals surface area contributed by atoms with Crippen molar-refractivity contribution in [2.45, 2.75) is 32.6 Å². The molecule has 0 fully saturated rings. The molecule has 110 valence electrons. The Labute approximate surface area is 124 Å². The molecule has 1 aliphatic rings. The zero-order chi connectivity index (χ0) is 14.8. The molecule has 0 saturated carbocycles. The first-order valence-corrected chi connectivity index (χ1v) is 7.30. The second-order valence-corrected chi connectivity index (χ2v) is 5.22. The molecule has 0 bridgehead atoms. The van der Waals surface area contributed by atoms with E-state index in [1.807, 2.05) is 25.1 Å². The largest absolute Gasteiger partial charge is 0.493 e. The molecule has 3 N–H and O–H groups in total. The summed E-state index contributed by atoms with van der Waals surface area (Å²) >= 11 is 0. The number of hydrogen-bond acceptors (Lipinski definition) is 5. The molecule has 1 aromatic carbocycles. The van der Waals surface area contributed by atoms with Gasteiger partial charge in [0, 0.05) is 16.8 Å². The van der Waals surface area contributed by atoms with Crippen LogP contribution in [0.4, 0.5) is 5.82 Å². The summed E-state index contributed by atoms with van der Waals surface area (Å²) in [5, 5.41) is 0. The summed E-state index contributed by atoms with van der Waals surface area (Å²) in [7, 11) is 0. The number of benzene rings is 1.